The van der Waals surface area contributed by atoms with Crippen LogP contribution in [0.3, 0.4) is 0 Å². The molecule has 0 aromatic carbocycles. The minimum absolute atomic E-state index is 0.328. The first-order chi connectivity index (χ1) is 10.1. The van der Waals surface area contributed by atoms with Gasteiger partial charge in [-0.15, -0.1) is 0 Å². The Bertz CT molecular complexity index is 302. The molecule has 0 spiro atoms. The number of rotatable bonds is 5. The number of hydrogen-bond acceptors (Lipinski definition) is 2. The molecule has 3 unspecified atom stereocenters. The zero-order valence-corrected chi connectivity index (χ0v) is 14.7. The predicted octanol–water partition coefficient (Wildman–Crippen LogP) is 4.43. The summed E-state index contributed by atoms with van der Waals surface area (Å²) in [5, 5.41) is 0. The van der Waals surface area contributed by atoms with E-state index in [1.54, 1.807) is 0 Å². The first-order valence-electron chi connectivity index (χ1n) is 9.56. The van der Waals surface area contributed by atoms with Crippen molar-refractivity contribution in [3.05, 3.63) is 0 Å². The molecule has 3 atom stereocenters. The highest BCUT2D eigenvalue weighted by atomic mass is 15.2. The summed E-state index contributed by atoms with van der Waals surface area (Å²) in [4.78, 5) is 2.82. The van der Waals surface area contributed by atoms with Gasteiger partial charge in [-0.05, 0) is 62.9 Å². The van der Waals surface area contributed by atoms with Gasteiger partial charge in [-0.2, -0.15) is 0 Å². The van der Waals surface area contributed by atoms with E-state index in [0.717, 1.165) is 24.3 Å². The van der Waals surface area contributed by atoms with Crippen LogP contribution in [0.2, 0.25) is 0 Å². The lowest BCUT2D eigenvalue weighted by Crippen LogP contribution is -2.57. The van der Waals surface area contributed by atoms with Gasteiger partial charge in [-0.1, -0.05) is 46.5 Å². The lowest BCUT2D eigenvalue weighted by atomic mass is 9.70. The third-order valence-electron chi connectivity index (χ3n) is 6.40. The first-order valence-corrected chi connectivity index (χ1v) is 9.56. The van der Waals surface area contributed by atoms with Crippen LogP contribution in [0, 0.1) is 17.8 Å². The van der Waals surface area contributed by atoms with E-state index in [9.17, 15) is 0 Å². The predicted molar refractivity (Wildman–Crippen MR) is 92.4 cm³/mol. The van der Waals surface area contributed by atoms with Crippen molar-refractivity contribution in [1.82, 2.24) is 4.90 Å². The molecule has 1 aliphatic carbocycles. The molecule has 124 valence electrons. The zero-order valence-electron chi connectivity index (χ0n) is 14.7. The Labute approximate surface area is 132 Å². The van der Waals surface area contributed by atoms with Crippen LogP contribution in [0.4, 0.5) is 0 Å². The van der Waals surface area contributed by atoms with E-state index in [-0.39, 0.29) is 0 Å². The van der Waals surface area contributed by atoms with Crippen LogP contribution in [0.5, 0.6) is 0 Å². The maximum absolute atomic E-state index is 6.33. The second-order valence-electron chi connectivity index (χ2n) is 8.10. The van der Waals surface area contributed by atoms with Gasteiger partial charge in [-0.25, -0.2) is 0 Å². The average molecular weight is 295 g/mol. The van der Waals surface area contributed by atoms with Gasteiger partial charge >= 0.3 is 0 Å². The second-order valence-corrected chi connectivity index (χ2v) is 8.10. The van der Waals surface area contributed by atoms with Crippen molar-refractivity contribution in [1.29, 1.82) is 0 Å². The van der Waals surface area contributed by atoms with Crippen LogP contribution in [0.1, 0.15) is 78.6 Å². The van der Waals surface area contributed by atoms with Gasteiger partial charge in [0.1, 0.15) is 0 Å². The molecular weight excluding hydrogens is 256 g/mol. The molecule has 2 fully saturated rings. The molecular formula is C19H38N2. The van der Waals surface area contributed by atoms with Crippen molar-refractivity contribution in [2.45, 2.75) is 84.1 Å². The summed E-state index contributed by atoms with van der Waals surface area (Å²) in [5.41, 5.74) is 6.66. The van der Waals surface area contributed by atoms with Gasteiger partial charge in [-0.3, -0.25) is 4.90 Å². The highest BCUT2D eigenvalue weighted by molar-refractivity contribution is 4.98. The molecule has 0 aromatic heterocycles. The minimum Gasteiger partial charge on any atom is -0.329 e. The summed E-state index contributed by atoms with van der Waals surface area (Å²) in [7, 11) is 0. The van der Waals surface area contributed by atoms with Crippen LogP contribution in [-0.2, 0) is 0 Å². The van der Waals surface area contributed by atoms with Gasteiger partial charge in [0.15, 0.2) is 0 Å². The SMILES string of the molecule is CCCC1CCCN(C2(CN)CCCC(C(C)C)C2)CC1. The average Bonchev–Trinajstić information content (AvgIpc) is 2.73. The summed E-state index contributed by atoms with van der Waals surface area (Å²) in [5.74, 6) is 2.67. The summed E-state index contributed by atoms with van der Waals surface area (Å²) in [6, 6.07) is 0. The van der Waals surface area contributed by atoms with E-state index in [0.29, 0.717) is 5.54 Å². The Morgan fingerprint density at radius 3 is 2.62 bits per heavy atom. The standard InChI is InChI=1S/C19H38N2/c1-4-7-17-8-6-12-21(13-10-17)19(15-20)11-5-9-18(14-19)16(2)3/h16-18H,4-15,20H2,1-3H3. The maximum Gasteiger partial charge on any atom is 0.0334 e. The van der Waals surface area contributed by atoms with Crippen LogP contribution in [0.15, 0.2) is 0 Å². The fraction of sp³-hybridized carbons (Fsp3) is 1.00. The Morgan fingerprint density at radius 1 is 1.14 bits per heavy atom. The molecule has 21 heavy (non-hydrogen) atoms. The summed E-state index contributed by atoms with van der Waals surface area (Å²) < 4.78 is 0. The molecule has 0 aromatic rings. The molecule has 1 saturated heterocycles. The van der Waals surface area contributed by atoms with Crippen molar-refractivity contribution in [3.63, 3.8) is 0 Å². The number of nitrogens with zero attached hydrogens (tertiary/aromatic N) is 1. The molecule has 0 bridgehead atoms. The lowest BCUT2D eigenvalue weighted by molar-refractivity contribution is 0.0270. The molecule has 1 aliphatic heterocycles. The lowest BCUT2D eigenvalue weighted by Gasteiger charge is -2.49. The molecule has 2 heteroatoms. The summed E-state index contributed by atoms with van der Waals surface area (Å²) in [6.07, 6.45) is 12.5. The third-order valence-corrected chi connectivity index (χ3v) is 6.40. The highest BCUT2D eigenvalue weighted by Gasteiger charge is 2.41. The van der Waals surface area contributed by atoms with Crippen LogP contribution < -0.4 is 5.73 Å². The molecule has 0 amide bonds. The smallest absolute Gasteiger partial charge is 0.0334 e. The monoisotopic (exact) mass is 294 g/mol. The van der Waals surface area contributed by atoms with E-state index in [1.165, 1.54) is 70.9 Å². The van der Waals surface area contributed by atoms with Gasteiger partial charge in [0.2, 0.25) is 0 Å². The molecule has 2 nitrogen and oxygen atoms in total. The summed E-state index contributed by atoms with van der Waals surface area (Å²) >= 11 is 0. The van der Waals surface area contributed by atoms with Crippen molar-refractivity contribution in [2.24, 2.45) is 23.5 Å². The molecule has 2 aliphatic rings. The van der Waals surface area contributed by atoms with Gasteiger partial charge in [0, 0.05) is 12.1 Å². The molecule has 1 saturated carbocycles. The fourth-order valence-corrected chi connectivity index (χ4v) is 4.89. The van der Waals surface area contributed by atoms with Crippen molar-refractivity contribution >= 4 is 0 Å². The second kappa shape index (κ2) is 7.97. The van der Waals surface area contributed by atoms with Gasteiger partial charge in [0.05, 0.1) is 0 Å². The van der Waals surface area contributed by atoms with E-state index in [2.05, 4.69) is 25.7 Å². The zero-order chi connectivity index (χ0) is 15.3. The summed E-state index contributed by atoms with van der Waals surface area (Å²) in [6.45, 7) is 10.6. The number of hydrogen-bond donors (Lipinski definition) is 1. The van der Waals surface area contributed by atoms with E-state index in [1.807, 2.05) is 0 Å². The number of nitrogens with two attached hydrogens (primary N) is 1. The molecule has 1 heterocycles. The number of likely N-dealkylation sites (tertiary alicyclic amines) is 1. The molecule has 2 rings (SSSR count). The molecule has 2 N–H and O–H groups in total. The third kappa shape index (κ3) is 4.22. The minimum atomic E-state index is 0.328. The van der Waals surface area contributed by atoms with Gasteiger partial charge < -0.3 is 5.73 Å². The fourth-order valence-electron chi connectivity index (χ4n) is 4.89. The van der Waals surface area contributed by atoms with E-state index < -0.39 is 0 Å². The maximum atomic E-state index is 6.33. The van der Waals surface area contributed by atoms with Crippen molar-refractivity contribution in [3.8, 4) is 0 Å². The highest BCUT2D eigenvalue weighted by Crippen LogP contribution is 2.40. The Morgan fingerprint density at radius 2 is 1.95 bits per heavy atom. The van der Waals surface area contributed by atoms with Crippen molar-refractivity contribution in [2.75, 3.05) is 19.6 Å². The van der Waals surface area contributed by atoms with Crippen LogP contribution >= 0.6 is 0 Å². The quantitative estimate of drug-likeness (QED) is 0.812. The van der Waals surface area contributed by atoms with E-state index >= 15 is 0 Å². The first kappa shape index (κ1) is 17.3. The van der Waals surface area contributed by atoms with Crippen LogP contribution in [0.25, 0.3) is 0 Å². The van der Waals surface area contributed by atoms with Gasteiger partial charge in [0.25, 0.3) is 0 Å². The Balaban J connectivity index is 2.02. The normalized spacial score (nSPS) is 35.9. The topological polar surface area (TPSA) is 29.3 Å². The Hall–Kier alpha value is -0.0800. The largest absolute Gasteiger partial charge is 0.329 e. The van der Waals surface area contributed by atoms with Crippen LogP contribution in [-0.4, -0.2) is 30.1 Å². The Kier molecular flexibility index (Phi) is 6.55. The van der Waals surface area contributed by atoms with E-state index in [4.69, 9.17) is 5.73 Å². The van der Waals surface area contributed by atoms with Crippen molar-refractivity contribution < 1.29 is 0 Å². The molecule has 0 radical (unpaired) electrons.